The molecule has 1 aromatic heterocycles. The van der Waals surface area contributed by atoms with Crippen molar-refractivity contribution in [2.45, 2.75) is 19.9 Å². The Hall–Kier alpha value is -2.76. The van der Waals surface area contributed by atoms with E-state index in [9.17, 15) is 9.59 Å². The minimum Gasteiger partial charge on any atom is -0.494 e. The number of rotatable bonds is 7. The SMILES string of the molecule is C=C(OCC)c1c(CC(=O)OC)[nH]n(Cc2ccccc2)c1=O. The van der Waals surface area contributed by atoms with E-state index in [2.05, 4.69) is 16.4 Å². The molecule has 0 radical (unpaired) electrons. The second kappa shape index (κ2) is 7.49. The van der Waals surface area contributed by atoms with Crippen LogP contribution in [0.1, 0.15) is 23.7 Å². The van der Waals surface area contributed by atoms with Crippen LogP contribution in [0.3, 0.4) is 0 Å². The van der Waals surface area contributed by atoms with Crippen molar-refractivity contribution in [3.63, 3.8) is 0 Å². The maximum absolute atomic E-state index is 12.6. The molecule has 0 fully saturated rings. The Balaban J connectivity index is 2.40. The van der Waals surface area contributed by atoms with Crippen molar-refractivity contribution in [2.24, 2.45) is 0 Å². The Morgan fingerprint density at radius 3 is 2.61 bits per heavy atom. The first-order chi connectivity index (χ1) is 11.1. The Labute approximate surface area is 134 Å². The Morgan fingerprint density at radius 1 is 1.30 bits per heavy atom. The number of methoxy groups -OCH3 is 1. The number of H-pyrrole nitrogens is 1. The number of carbonyl (C=O) groups is 1. The minimum atomic E-state index is -0.441. The first kappa shape index (κ1) is 16.6. The number of nitrogens with one attached hydrogen (secondary N) is 1. The van der Waals surface area contributed by atoms with Crippen LogP contribution in [0.2, 0.25) is 0 Å². The van der Waals surface area contributed by atoms with Crippen molar-refractivity contribution >= 4 is 11.7 Å². The molecule has 0 aliphatic heterocycles. The predicted octanol–water partition coefficient (Wildman–Crippen LogP) is 1.95. The summed E-state index contributed by atoms with van der Waals surface area (Å²) in [7, 11) is 1.30. The molecular weight excluding hydrogens is 296 g/mol. The highest BCUT2D eigenvalue weighted by Gasteiger charge is 2.20. The maximum Gasteiger partial charge on any atom is 0.311 e. The van der Waals surface area contributed by atoms with Gasteiger partial charge in [-0.3, -0.25) is 14.7 Å². The summed E-state index contributed by atoms with van der Waals surface area (Å²) in [5, 5.41) is 2.97. The summed E-state index contributed by atoms with van der Waals surface area (Å²) in [6.45, 7) is 6.34. The van der Waals surface area contributed by atoms with Gasteiger partial charge in [-0.1, -0.05) is 36.9 Å². The van der Waals surface area contributed by atoms with Gasteiger partial charge >= 0.3 is 5.97 Å². The average molecular weight is 316 g/mol. The van der Waals surface area contributed by atoms with Crippen LogP contribution < -0.4 is 5.56 Å². The molecular formula is C17H20N2O4. The summed E-state index contributed by atoms with van der Waals surface area (Å²) >= 11 is 0. The summed E-state index contributed by atoms with van der Waals surface area (Å²) in [5.41, 5.74) is 1.42. The van der Waals surface area contributed by atoms with Gasteiger partial charge in [-0.25, -0.2) is 4.68 Å². The number of esters is 1. The van der Waals surface area contributed by atoms with Gasteiger partial charge in [0.05, 0.1) is 32.4 Å². The molecule has 0 unspecified atom stereocenters. The molecule has 2 aromatic rings. The molecule has 6 heteroatoms. The molecule has 0 spiro atoms. The van der Waals surface area contributed by atoms with Gasteiger partial charge in [-0.05, 0) is 12.5 Å². The van der Waals surface area contributed by atoms with E-state index in [-0.39, 0.29) is 23.3 Å². The van der Waals surface area contributed by atoms with Crippen LogP contribution in [0.4, 0.5) is 0 Å². The highest BCUT2D eigenvalue weighted by atomic mass is 16.5. The smallest absolute Gasteiger partial charge is 0.311 e. The van der Waals surface area contributed by atoms with Gasteiger partial charge < -0.3 is 9.47 Å². The molecule has 0 amide bonds. The zero-order valence-corrected chi connectivity index (χ0v) is 13.3. The van der Waals surface area contributed by atoms with Crippen molar-refractivity contribution in [2.75, 3.05) is 13.7 Å². The normalized spacial score (nSPS) is 10.3. The van der Waals surface area contributed by atoms with E-state index in [4.69, 9.17) is 4.74 Å². The Kier molecular flexibility index (Phi) is 5.41. The monoisotopic (exact) mass is 316 g/mol. The molecule has 6 nitrogen and oxygen atoms in total. The summed E-state index contributed by atoms with van der Waals surface area (Å²) < 4.78 is 11.5. The predicted molar refractivity (Wildman–Crippen MR) is 87.0 cm³/mol. The fourth-order valence-corrected chi connectivity index (χ4v) is 2.29. The highest BCUT2D eigenvalue weighted by Crippen LogP contribution is 2.15. The van der Waals surface area contributed by atoms with E-state index in [1.54, 1.807) is 6.92 Å². The van der Waals surface area contributed by atoms with Gasteiger partial charge in [0.15, 0.2) is 0 Å². The Bertz CT molecular complexity index is 744. The van der Waals surface area contributed by atoms with Gasteiger partial charge in [-0.2, -0.15) is 0 Å². The summed E-state index contributed by atoms with van der Waals surface area (Å²) in [4.78, 5) is 24.2. The van der Waals surface area contributed by atoms with Crippen LogP contribution in [0.5, 0.6) is 0 Å². The number of hydrogen-bond acceptors (Lipinski definition) is 4. The second-order valence-electron chi connectivity index (χ2n) is 4.95. The number of aromatic nitrogens is 2. The fourth-order valence-electron chi connectivity index (χ4n) is 2.29. The number of nitrogens with zero attached hydrogens (tertiary/aromatic N) is 1. The van der Waals surface area contributed by atoms with Gasteiger partial charge in [0.1, 0.15) is 11.3 Å². The first-order valence-corrected chi connectivity index (χ1v) is 7.31. The molecule has 0 atom stereocenters. The lowest BCUT2D eigenvalue weighted by Crippen LogP contribution is -2.19. The quantitative estimate of drug-likeness (QED) is 0.626. The van der Waals surface area contributed by atoms with E-state index < -0.39 is 5.97 Å². The Morgan fingerprint density at radius 2 is 2.00 bits per heavy atom. The topological polar surface area (TPSA) is 73.3 Å². The summed E-state index contributed by atoms with van der Waals surface area (Å²) in [6.07, 6.45) is -0.0467. The van der Waals surface area contributed by atoms with E-state index in [1.807, 2.05) is 30.3 Å². The molecule has 1 N–H and O–H groups in total. The van der Waals surface area contributed by atoms with E-state index in [1.165, 1.54) is 11.8 Å². The molecule has 0 aliphatic rings. The molecule has 0 bridgehead atoms. The zero-order valence-electron chi connectivity index (χ0n) is 13.3. The van der Waals surface area contributed by atoms with Crippen LogP contribution in [-0.4, -0.2) is 29.5 Å². The maximum atomic E-state index is 12.6. The standard InChI is InChI=1S/C17H20N2O4/c1-4-23-12(2)16-14(10-15(20)22-3)18-19(17(16)21)11-13-8-6-5-7-9-13/h5-9,18H,2,4,10-11H2,1,3H3. The molecule has 0 saturated carbocycles. The van der Waals surface area contributed by atoms with Gasteiger partial charge in [0.25, 0.3) is 5.56 Å². The van der Waals surface area contributed by atoms with Crippen LogP contribution in [-0.2, 0) is 27.2 Å². The molecule has 122 valence electrons. The van der Waals surface area contributed by atoms with E-state index >= 15 is 0 Å². The third-order valence-electron chi connectivity index (χ3n) is 3.36. The third kappa shape index (κ3) is 3.91. The molecule has 0 aliphatic carbocycles. The van der Waals surface area contributed by atoms with Crippen molar-refractivity contribution in [1.29, 1.82) is 0 Å². The van der Waals surface area contributed by atoms with Crippen molar-refractivity contribution < 1.29 is 14.3 Å². The van der Waals surface area contributed by atoms with E-state index in [0.29, 0.717) is 18.8 Å². The van der Waals surface area contributed by atoms with Crippen LogP contribution >= 0.6 is 0 Å². The molecule has 1 heterocycles. The molecule has 23 heavy (non-hydrogen) atoms. The summed E-state index contributed by atoms with van der Waals surface area (Å²) in [6, 6.07) is 9.55. The van der Waals surface area contributed by atoms with Crippen LogP contribution in [0.25, 0.3) is 5.76 Å². The number of hydrogen-bond donors (Lipinski definition) is 1. The number of aromatic amines is 1. The summed E-state index contributed by atoms with van der Waals surface area (Å²) in [5.74, 6) is -0.192. The highest BCUT2D eigenvalue weighted by molar-refractivity contribution is 5.74. The lowest BCUT2D eigenvalue weighted by atomic mass is 10.1. The number of carbonyl (C=O) groups excluding carboxylic acids is 1. The molecule has 1 aromatic carbocycles. The van der Waals surface area contributed by atoms with E-state index in [0.717, 1.165) is 5.56 Å². The lowest BCUT2D eigenvalue weighted by molar-refractivity contribution is -0.139. The van der Waals surface area contributed by atoms with Crippen molar-refractivity contribution in [3.05, 3.63) is 64.1 Å². The van der Waals surface area contributed by atoms with Crippen molar-refractivity contribution in [1.82, 2.24) is 9.78 Å². The molecule has 2 rings (SSSR count). The lowest BCUT2D eigenvalue weighted by Gasteiger charge is -2.05. The minimum absolute atomic E-state index is 0.0467. The number of ether oxygens (including phenoxy) is 2. The van der Waals surface area contributed by atoms with Gasteiger partial charge in [0, 0.05) is 0 Å². The van der Waals surface area contributed by atoms with Gasteiger partial charge in [-0.15, -0.1) is 0 Å². The number of benzene rings is 1. The fraction of sp³-hybridized carbons (Fsp3) is 0.294. The van der Waals surface area contributed by atoms with Crippen LogP contribution in [0, 0.1) is 0 Å². The third-order valence-corrected chi connectivity index (χ3v) is 3.36. The average Bonchev–Trinajstić information content (AvgIpc) is 2.84. The van der Waals surface area contributed by atoms with Gasteiger partial charge in [0.2, 0.25) is 0 Å². The molecule has 0 saturated heterocycles. The van der Waals surface area contributed by atoms with Crippen LogP contribution in [0.15, 0.2) is 41.7 Å². The zero-order chi connectivity index (χ0) is 16.8. The largest absolute Gasteiger partial charge is 0.494 e. The second-order valence-corrected chi connectivity index (χ2v) is 4.95. The van der Waals surface area contributed by atoms with Crippen molar-refractivity contribution in [3.8, 4) is 0 Å². The first-order valence-electron chi connectivity index (χ1n) is 7.31.